The largest absolute Gasteiger partial charge is 0.500 e. The number of esters is 2. The molecule has 2 aromatic carbocycles. The van der Waals surface area contributed by atoms with Crippen LogP contribution in [0.4, 0.5) is 5.69 Å². The summed E-state index contributed by atoms with van der Waals surface area (Å²) in [4.78, 5) is 23.8. The lowest BCUT2D eigenvalue weighted by atomic mass is 10.1. The first-order valence-electron chi connectivity index (χ1n) is 8.10. The summed E-state index contributed by atoms with van der Waals surface area (Å²) in [5, 5.41) is 15.9. The molecule has 28 heavy (non-hydrogen) atoms. The van der Waals surface area contributed by atoms with Crippen molar-refractivity contribution >= 4 is 39.3 Å². The SMILES string of the molecule is COC(=O)/C(O)=C(/N/C(=C\Nc1ccc(Br)cc1)c1ccccc1)C(=O)OC. The molecule has 0 aliphatic heterocycles. The highest BCUT2D eigenvalue weighted by atomic mass is 79.9. The third-order valence-electron chi connectivity index (χ3n) is 3.58. The van der Waals surface area contributed by atoms with Gasteiger partial charge in [-0.25, -0.2) is 9.59 Å². The number of methoxy groups -OCH3 is 2. The number of hydrogen-bond donors (Lipinski definition) is 3. The number of halogens is 1. The highest BCUT2D eigenvalue weighted by Crippen LogP contribution is 2.18. The fourth-order valence-corrected chi connectivity index (χ4v) is 2.42. The standard InChI is InChI=1S/C20H19BrN2O5/c1-27-19(25)17(18(24)20(26)28-2)23-16(13-6-4-3-5-7-13)12-22-15-10-8-14(21)9-11-15/h3-12,22-24H,1-2H3/b16-12-,18-17-. The molecule has 0 aliphatic carbocycles. The number of anilines is 1. The van der Waals surface area contributed by atoms with Gasteiger partial charge in [-0.3, -0.25) is 0 Å². The first-order valence-corrected chi connectivity index (χ1v) is 8.90. The van der Waals surface area contributed by atoms with Crippen LogP contribution in [0.1, 0.15) is 5.56 Å². The lowest BCUT2D eigenvalue weighted by Crippen LogP contribution is -2.26. The van der Waals surface area contributed by atoms with Gasteiger partial charge in [0, 0.05) is 16.4 Å². The van der Waals surface area contributed by atoms with Crippen LogP contribution < -0.4 is 10.6 Å². The van der Waals surface area contributed by atoms with Gasteiger partial charge in [-0.05, 0) is 29.8 Å². The highest BCUT2D eigenvalue weighted by molar-refractivity contribution is 9.10. The van der Waals surface area contributed by atoms with Crippen molar-refractivity contribution in [1.82, 2.24) is 5.32 Å². The summed E-state index contributed by atoms with van der Waals surface area (Å²) in [7, 11) is 2.23. The number of aliphatic hydroxyl groups excluding tert-OH is 1. The zero-order valence-corrected chi connectivity index (χ0v) is 16.8. The molecule has 2 aromatic rings. The monoisotopic (exact) mass is 446 g/mol. The van der Waals surface area contributed by atoms with Crippen LogP contribution in [0.5, 0.6) is 0 Å². The van der Waals surface area contributed by atoms with Gasteiger partial charge in [0.1, 0.15) is 0 Å². The van der Waals surface area contributed by atoms with Crippen molar-refractivity contribution in [3.05, 3.63) is 82.3 Å². The third-order valence-corrected chi connectivity index (χ3v) is 4.11. The van der Waals surface area contributed by atoms with Crippen LogP contribution in [0.15, 0.2) is 76.7 Å². The van der Waals surface area contributed by atoms with E-state index in [0.717, 1.165) is 24.4 Å². The van der Waals surface area contributed by atoms with E-state index in [4.69, 9.17) is 0 Å². The zero-order chi connectivity index (χ0) is 20.5. The predicted molar refractivity (Wildman–Crippen MR) is 109 cm³/mol. The molecule has 8 heteroatoms. The maximum Gasteiger partial charge on any atom is 0.375 e. The summed E-state index contributed by atoms with van der Waals surface area (Å²) in [5.41, 5.74) is 1.46. The topological polar surface area (TPSA) is 96.9 Å². The smallest absolute Gasteiger partial charge is 0.375 e. The number of ether oxygens (including phenoxy) is 2. The maximum atomic E-state index is 12.1. The molecule has 3 N–H and O–H groups in total. The number of nitrogens with one attached hydrogen (secondary N) is 2. The Bertz CT molecular complexity index is 893. The normalized spacial score (nSPS) is 11.9. The van der Waals surface area contributed by atoms with E-state index in [9.17, 15) is 14.7 Å². The lowest BCUT2D eigenvalue weighted by molar-refractivity contribution is -0.142. The second kappa shape index (κ2) is 10.2. The molecule has 146 valence electrons. The van der Waals surface area contributed by atoms with Crippen LogP contribution >= 0.6 is 15.9 Å². The van der Waals surface area contributed by atoms with Gasteiger partial charge >= 0.3 is 11.9 Å². The fourth-order valence-electron chi connectivity index (χ4n) is 2.15. The van der Waals surface area contributed by atoms with Crippen molar-refractivity contribution < 1.29 is 24.2 Å². The Morgan fingerprint density at radius 1 is 0.964 bits per heavy atom. The summed E-state index contributed by atoms with van der Waals surface area (Å²) in [6.45, 7) is 0. The second-order valence-electron chi connectivity index (χ2n) is 5.41. The molecule has 0 saturated heterocycles. The van der Waals surface area contributed by atoms with Crippen molar-refractivity contribution in [1.29, 1.82) is 0 Å². The molecule has 0 aliphatic rings. The summed E-state index contributed by atoms with van der Waals surface area (Å²) in [6, 6.07) is 16.5. The van der Waals surface area contributed by atoms with E-state index in [1.165, 1.54) is 0 Å². The summed E-state index contributed by atoms with van der Waals surface area (Å²) in [5.74, 6) is -2.88. The van der Waals surface area contributed by atoms with Gasteiger partial charge in [-0.2, -0.15) is 0 Å². The van der Waals surface area contributed by atoms with Gasteiger partial charge < -0.3 is 25.2 Å². The fraction of sp³-hybridized carbons (Fsp3) is 0.100. The number of benzene rings is 2. The van der Waals surface area contributed by atoms with Gasteiger partial charge in [0.2, 0.25) is 5.76 Å². The molecular formula is C20H19BrN2O5. The zero-order valence-electron chi connectivity index (χ0n) is 15.2. The van der Waals surface area contributed by atoms with E-state index < -0.39 is 23.4 Å². The lowest BCUT2D eigenvalue weighted by Gasteiger charge is -2.15. The summed E-state index contributed by atoms with van der Waals surface area (Å²) >= 11 is 3.37. The Labute approximate surface area is 170 Å². The first kappa shape index (κ1) is 21.0. The Morgan fingerprint density at radius 2 is 1.57 bits per heavy atom. The molecule has 0 amide bonds. The molecule has 0 radical (unpaired) electrons. The highest BCUT2D eigenvalue weighted by Gasteiger charge is 2.23. The minimum atomic E-state index is -1.07. The van der Waals surface area contributed by atoms with Crippen molar-refractivity contribution in [2.24, 2.45) is 0 Å². The first-order chi connectivity index (χ1) is 13.5. The van der Waals surface area contributed by atoms with Crippen LogP contribution in [-0.4, -0.2) is 31.3 Å². The Hall–Kier alpha value is -3.26. The Balaban J connectivity index is 2.43. The van der Waals surface area contributed by atoms with E-state index in [1.54, 1.807) is 18.3 Å². The molecule has 0 bridgehead atoms. The number of aliphatic hydroxyl groups is 1. The van der Waals surface area contributed by atoms with E-state index in [1.807, 2.05) is 42.5 Å². The number of carbonyl (C=O) groups is 2. The minimum absolute atomic E-state index is 0.416. The van der Waals surface area contributed by atoms with Gasteiger partial charge in [-0.1, -0.05) is 46.3 Å². The molecule has 2 rings (SSSR count). The van der Waals surface area contributed by atoms with Gasteiger partial charge in [-0.15, -0.1) is 0 Å². The molecule has 0 unspecified atom stereocenters. The molecule has 0 saturated carbocycles. The molecule has 7 nitrogen and oxygen atoms in total. The van der Waals surface area contributed by atoms with Crippen molar-refractivity contribution in [3.63, 3.8) is 0 Å². The molecule has 0 heterocycles. The predicted octanol–water partition coefficient (Wildman–Crippen LogP) is 3.56. The van der Waals surface area contributed by atoms with Gasteiger partial charge in [0.15, 0.2) is 5.70 Å². The minimum Gasteiger partial charge on any atom is -0.500 e. The number of hydrogen-bond acceptors (Lipinski definition) is 7. The molecule has 0 atom stereocenters. The van der Waals surface area contributed by atoms with E-state index in [0.29, 0.717) is 11.3 Å². The Morgan fingerprint density at radius 3 is 2.14 bits per heavy atom. The Kier molecular flexibility index (Phi) is 7.65. The van der Waals surface area contributed by atoms with Crippen molar-refractivity contribution in [2.75, 3.05) is 19.5 Å². The molecule has 0 fully saturated rings. The van der Waals surface area contributed by atoms with Crippen LogP contribution in [0.25, 0.3) is 5.70 Å². The van der Waals surface area contributed by atoms with Crippen LogP contribution in [0.2, 0.25) is 0 Å². The molecular weight excluding hydrogens is 428 g/mol. The van der Waals surface area contributed by atoms with Crippen LogP contribution in [-0.2, 0) is 19.1 Å². The molecule has 0 spiro atoms. The third kappa shape index (κ3) is 5.62. The van der Waals surface area contributed by atoms with E-state index in [2.05, 4.69) is 36.0 Å². The summed E-state index contributed by atoms with van der Waals surface area (Å²) in [6.07, 6.45) is 1.60. The quantitative estimate of drug-likeness (QED) is 0.339. The maximum absolute atomic E-state index is 12.1. The van der Waals surface area contributed by atoms with Crippen molar-refractivity contribution in [2.45, 2.75) is 0 Å². The van der Waals surface area contributed by atoms with Gasteiger partial charge in [0.25, 0.3) is 0 Å². The summed E-state index contributed by atoms with van der Waals surface area (Å²) < 4.78 is 10.1. The van der Waals surface area contributed by atoms with E-state index >= 15 is 0 Å². The number of rotatable bonds is 7. The van der Waals surface area contributed by atoms with Crippen molar-refractivity contribution in [3.8, 4) is 0 Å². The van der Waals surface area contributed by atoms with Crippen LogP contribution in [0.3, 0.4) is 0 Å². The second-order valence-corrected chi connectivity index (χ2v) is 6.32. The van der Waals surface area contributed by atoms with Crippen LogP contribution in [0, 0.1) is 0 Å². The number of carbonyl (C=O) groups excluding carboxylic acids is 2. The molecule has 0 aromatic heterocycles. The average molecular weight is 447 g/mol. The van der Waals surface area contributed by atoms with E-state index in [-0.39, 0.29) is 0 Å². The average Bonchev–Trinajstić information content (AvgIpc) is 2.74. The van der Waals surface area contributed by atoms with Gasteiger partial charge in [0.05, 0.1) is 19.9 Å².